The van der Waals surface area contributed by atoms with Crippen molar-refractivity contribution in [2.45, 2.75) is 30.4 Å². The molecule has 4 aromatic carbocycles. The molecule has 2 N–H and O–H groups in total. The number of carbonyl (C=O) groups excluding carboxylic acids is 5. The molecule has 1 saturated heterocycles. The van der Waals surface area contributed by atoms with Gasteiger partial charge in [0.1, 0.15) is 5.70 Å². The van der Waals surface area contributed by atoms with Crippen molar-refractivity contribution in [1.82, 2.24) is 5.32 Å². The van der Waals surface area contributed by atoms with Gasteiger partial charge in [0.05, 0.1) is 23.1 Å². The van der Waals surface area contributed by atoms with Crippen molar-refractivity contribution in [3.8, 4) is 0 Å². The van der Waals surface area contributed by atoms with E-state index in [1.165, 1.54) is 23.9 Å². The number of nitrogens with one attached hydrogen (secondary N) is 2. The van der Waals surface area contributed by atoms with Gasteiger partial charge in [0.2, 0.25) is 11.8 Å². The molecule has 1 aliphatic rings. The lowest BCUT2D eigenvalue weighted by atomic mass is 10.1. The lowest BCUT2D eigenvalue weighted by Crippen LogP contribution is -2.31. The molecule has 0 unspecified atom stereocenters. The van der Waals surface area contributed by atoms with Crippen molar-refractivity contribution in [1.29, 1.82) is 0 Å². The van der Waals surface area contributed by atoms with Crippen molar-refractivity contribution in [3.05, 3.63) is 131 Å². The Labute approximate surface area is 270 Å². The molecule has 232 valence electrons. The Morgan fingerprint density at radius 2 is 1.61 bits per heavy atom. The summed E-state index contributed by atoms with van der Waals surface area (Å²) in [6.45, 7) is 3.91. The molecule has 0 spiro atoms. The summed E-state index contributed by atoms with van der Waals surface area (Å²) in [7, 11) is 0. The van der Waals surface area contributed by atoms with Crippen LogP contribution in [-0.2, 0) is 19.1 Å². The van der Waals surface area contributed by atoms with Crippen LogP contribution in [-0.4, -0.2) is 41.5 Å². The number of anilines is 2. The lowest BCUT2D eigenvalue weighted by Gasteiger charge is -2.15. The van der Waals surface area contributed by atoms with Gasteiger partial charge in [-0.2, -0.15) is 0 Å². The minimum absolute atomic E-state index is 0.00529. The highest BCUT2D eigenvalue weighted by Gasteiger charge is 2.40. The molecule has 1 fully saturated rings. The maximum Gasteiger partial charge on any atom is 0.338 e. The van der Waals surface area contributed by atoms with Crippen LogP contribution in [0.4, 0.5) is 11.4 Å². The van der Waals surface area contributed by atoms with E-state index in [1.54, 1.807) is 79.7 Å². The number of carbonyl (C=O) groups is 5. The molecule has 0 saturated carbocycles. The van der Waals surface area contributed by atoms with E-state index >= 15 is 0 Å². The number of thioether (sulfide) groups is 1. The first-order valence-electron chi connectivity index (χ1n) is 14.6. The topological polar surface area (TPSA) is 122 Å². The Balaban J connectivity index is 1.29. The van der Waals surface area contributed by atoms with E-state index in [4.69, 9.17) is 4.74 Å². The quantitative estimate of drug-likeness (QED) is 0.125. The van der Waals surface area contributed by atoms with Crippen molar-refractivity contribution in [3.63, 3.8) is 0 Å². The number of hydrogen-bond acceptors (Lipinski definition) is 7. The second kappa shape index (κ2) is 14.5. The summed E-state index contributed by atoms with van der Waals surface area (Å²) in [5, 5.41) is 4.89. The third kappa shape index (κ3) is 7.77. The first-order chi connectivity index (χ1) is 22.2. The zero-order valence-electron chi connectivity index (χ0n) is 25.2. The predicted octanol–water partition coefficient (Wildman–Crippen LogP) is 6.01. The van der Waals surface area contributed by atoms with Crippen molar-refractivity contribution >= 4 is 58.8 Å². The zero-order valence-corrected chi connectivity index (χ0v) is 26.0. The number of nitrogens with zero attached hydrogens (tertiary/aromatic N) is 1. The number of benzene rings is 4. The summed E-state index contributed by atoms with van der Waals surface area (Å²) in [4.78, 5) is 66.3. The maximum atomic E-state index is 13.5. The average Bonchev–Trinajstić information content (AvgIpc) is 3.34. The second-order valence-electron chi connectivity index (χ2n) is 10.4. The van der Waals surface area contributed by atoms with E-state index in [0.717, 1.165) is 16.0 Å². The van der Waals surface area contributed by atoms with Gasteiger partial charge in [-0.05, 0) is 80.1 Å². The van der Waals surface area contributed by atoms with E-state index in [2.05, 4.69) is 10.6 Å². The fourth-order valence-electron chi connectivity index (χ4n) is 4.71. The van der Waals surface area contributed by atoms with Gasteiger partial charge in [-0.15, -0.1) is 11.8 Å². The van der Waals surface area contributed by atoms with E-state index in [0.29, 0.717) is 27.4 Å². The van der Waals surface area contributed by atoms with Crippen LogP contribution in [0.5, 0.6) is 0 Å². The van der Waals surface area contributed by atoms with E-state index < -0.39 is 23.0 Å². The monoisotopic (exact) mass is 633 g/mol. The smallest absolute Gasteiger partial charge is 0.338 e. The first kappa shape index (κ1) is 31.9. The standard InChI is InChI=1S/C36H31N3O6S/c1-3-45-36(44)26-16-18-28(19-17-26)39-32(40)22-31(35(39)43)46-29-11-7-10-27(21-29)37-34(42)30(20-24-14-12-23(2)13-15-24)38-33(41)25-8-5-4-6-9-25/h4-21,31H,3,22H2,1-2H3,(H,37,42)(H,38,41)/b30-20-/t31-/m0/s1. The van der Waals surface area contributed by atoms with Crippen LogP contribution in [0.3, 0.4) is 0 Å². The highest BCUT2D eigenvalue weighted by molar-refractivity contribution is 8.00. The molecular formula is C36H31N3O6S. The number of esters is 1. The molecular weight excluding hydrogens is 602 g/mol. The molecule has 4 aromatic rings. The fraction of sp³-hybridized carbons (Fsp3) is 0.139. The number of hydrogen-bond donors (Lipinski definition) is 2. The second-order valence-corrected chi connectivity index (χ2v) is 11.7. The molecule has 10 heteroatoms. The molecule has 0 aliphatic carbocycles. The average molecular weight is 634 g/mol. The molecule has 4 amide bonds. The minimum Gasteiger partial charge on any atom is -0.462 e. The van der Waals surface area contributed by atoms with Gasteiger partial charge >= 0.3 is 5.97 Å². The highest BCUT2D eigenvalue weighted by atomic mass is 32.2. The number of amides is 4. The summed E-state index contributed by atoms with van der Waals surface area (Å²) in [5.74, 6) is -2.17. The Morgan fingerprint density at radius 1 is 0.891 bits per heavy atom. The summed E-state index contributed by atoms with van der Waals surface area (Å²) in [6.07, 6.45) is 1.60. The first-order valence-corrected chi connectivity index (χ1v) is 15.5. The summed E-state index contributed by atoms with van der Waals surface area (Å²) in [6, 6.07) is 29.2. The van der Waals surface area contributed by atoms with Gasteiger partial charge in [-0.3, -0.25) is 19.2 Å². The Hall–Kier alpha value is -5.48. The molecule has 0 radical (unpaired) electrons. The predicted molar refractivity (Wildman–Crippen MR) is 177 cm³/mol. The Morgan fingerprint density at radius 3 is 2.30 bits per heavy atom. The SMILES string of the molecule is CCOC(=O)c1ccc(N2C(=O)C[C@H](Sc3cccc(NC(=O)/C(=C/c4ccc(C)cc4)NC(=O)c4ccccc4)c3)C2=O)cc1. The van der Waals surface area contributed by atoms with Gasteiger partial charge < -0.3 is 15.4 Å². The summed E-state index contributed by atoms with van der Waals surface area (Å²) >= 11 is 1.22. The van der Waals surface area contributed by atoms with Crippen LogP contribution in [0.1, 0.15) is 45.2 Å². The van der Waals surface area contributed by atoms with Crippen LogP contribution in [0.2, 0.25) is 0 Å². The Kier molecular flexibility index (Phi) is 10.1. The van der Waals surface area contributed by atoms with Crippen LogP contribution >= 0.6 is 11.8 Å². The van der Waals surface area contributed by atoms with Gasteiger partial charge in [-0.25, -0.2) is 9.69 Å². The minimum atomic E-state index is -0.676. The number of rotatable bonds is 10. The summed E-state index contributed by atoms with van der Waals surface area (Å²) < 4.78 is 4.99. The maximum absolute atomic E-state index is 13.5. The molecule has 1 heterocycles. The van der Waals surface area contributed by atoms with E-state index in [1.807, 2.05) is 31.2 Å². The van der Waals surface area contributed by atoms with E-state index in [9.17, 15) is 24.0 Å². The van der Waals surface area contributed by atoms with Gasteiger partial charge in [-0.1, -0.05) is 54.1 Å². The molecule has 1 atom stereocenters. The van der Waals surface area contributed by atoms with Crippen LogP contribution in [0.25, 0.3) is 6.08 Å². The van der Waals surface area contributed by atoms with Crippen LogP contribution in [0.15, 0.2) is 114 Å². The summed E-state index contributed by atoms with van der Waals surface area (Å²) in [5.41, 5.74) is 3.40. The fourth-order valence-corrected chi connectivity index (χ4v) is 5.82. The highest BCUT2D eigenvalue weighted by Crippen LogP contribution is 2.35. The molecule has 9 nitrogen and oxygen atoms in total. The van der Waals surface area contributed by atoms with Gasteiger partial charge in [0, 0.05) is 22.6 Å². The molecule has 0 bridgehead atoms. The van der Waals surface area contributed by atoms with Crippen LogP contribution in [0, 0.1) is 6.92 Å². The van der Waals surface area contributed by atoms with E-state index in [-0.39, 0.29) is 30.5 Å². The third-order valence-corrected chi connectivity index (χ3v) is 8.21. The van der Waals surface area contributed by atoms with Crippen molar-refractivity contribution in [2.75, 3.05) is 16.8 Å². The molecule has 46 heavy (non-hydrogen) atoms. The molecule has 5 rings (SSSR count). The van der Waals surface area contributed by atoms with Gasteiger partial charge in [0.25, 0.3) is 11.8 Å². The van der Waals surface area contributed by atoms with Crippen molar-refractivity contribution < 1.29 is 28.7 Å². The number of imide groups is 1. The molecule has 1 aliphatic heterocycles. The van der Waals surface area contributed by atoms with Gasteiger partial charge in [0.15, 0.2) is 0 Å². The lowest BCUT2D eigenvalue weighted by molar-refractivity contribution is -0.121. The normalized spacial score (nSPS) is 14.6. The zero-order chi connectivity index (χ0) is 32.6. The molecule has 0 aromatic heterocycles. The Bertz CT molecular complexity index is 1800. The number of aryl methyl sites for hydroxylation is 1. The third-order valence-electron chi connectivity index (χ3n) is 7.03. The number of ether oxygens (including phenoxy) is 1. The largest absolute Gasteiger partial charge is 0.462 e. The van der Waals surface area contributed by atoms with Crippen LogP contribution < -0.4 is 15.5 Å². The van der Waals surface area contributed by atoms with Crippen molar-refractivity contribution in [2.24, 2.45) is 0 Å².